The van der Waals surface area contributed by atoms with Crippen molar-refractivity contribution in [2.45, 2.75) is 402 Å². The Morgan fingerprint density at radius 3 is 1.18 bits per heavy atom. The Bertz CT molecular complexity index is 1840. The second kappa shape index (κ2) is 62.9. The summed E-state index contributed by atoms with van der Waals surface area (Å²) in [7, 11) is 0. The maximum absolute atomic E-state index is 13.4. The van der Waals surface area contributed by atoms with Crippen LogP contribution < -0.4 is 5.32 Å². The number of allylic oxidation sites excluding steroid dienone is 11. The molecule has 0 spiro atoms. The lowest BCUT2D eigenvalue weighted by atomic mass is 9.97. The molecule has 14 nitrogen and oxygen atoms in total. The molecule has 12 unspecified atom stereocenters. The first-order chi connectivity index (χ1) is 45.6. The van der Waals surface area contributed by atoms with E-state index < -0.39 is 86.8 Å². The molecule has 542 valence electrons. The van der Waals surface area contributed by atoms with Crippen LogP contribution in [0.5, 0.6) is 0 Å². The second-order valence-electron chi connectivity index (χ2n) is 27.1. The van der Waals surface area contributed by atoms with Gasteiger partial charge in [-0.3, -0.25) is 4.79 Å². The molecule has 2 rings (SSSR count). The molecular weight excluding hydrogens is 1170 g/mol. The molecule has 2 aliphatic rings. The van der Waals surface area contributed by atoms with Crippen molar-refractivity contribution in [2.75, 3.05) is 19.8 Å². The highest BCUT2D eigenvalue weighted by Crippen LogP contribution is 2.30. The minimum atomic E-state index is -1.79. The summed E-state index contributed by atoms with van der Waals surface area (Å²) in [4.78, 5) is 13.4. The van der Waals surface area contributed by atoms with Crippen LogP contribution in [0.4, 0.5) is 0 Å². The summed E-state index contributed by atoms with van der Waals surface area (Å²) in [5.41, 5.74) is 0. The van der Waals surface area contributed by atoms with E-state index in [2.05, 4.69) is 79.9 Å². The van der Waals surface area contributed by atoms with E-state index in [0.717, 1.165) is 57.8 Å². The summed E-state index contributed by atoms with van der Waals surface area (Å²) in [6.45, 7) is 2.71. The highest BCUT2D eigenvalue weighted by Gasteiger charge is 2.51. The van der Waals surface area contributed by atoms with Crippen LogP contribution in [-0.2, 0) is 23.7 Å². The smallest absolute Gasteiger partial charge is 0.220 e. The number of nitrogens with one attached hydrogen (secondary N) is 1. The van der Waals surface area contributed by atoms with Crippen molar-refractivity contribution in [1.82, 2.24) is 5.32 Å². The zero-order valence-corrected chi connectivity index (χ0v) is 59.2. The molecule has 0 radical (unpaired) electrons. The molecule has 0 bridgehead atoms. The minimum absolute atomic E-state index is 0.248. The Balaban J connectivity index is 1.65. The molecule has 12 atom stereocenters. The van der Waals surface area contributed by atoms with Crippen molar-refractivity contribution < 1.29 is 64.6 Å². The van der Waals surface area contributed by atoms with E-state index in [1.54, 1.807) is 6.08 Å². The van der Waals surface area contributed by atoms with Crippen molar-refractivity contribution in [3.05, 3.63) is 72.9 Å². The molecule has 2 heterocycles. The van der Waals surface area contributed by atoms with Crippen molar-refractivity contribution in [2.24, 2.45) is 0 Å². The summed E-state index contributed by atoms with van der Waals surface area (Å²) in [5.74, 6) is -0.248. The molecule has 93 heavy (non-hydrogen) atoms. The fraction of sp³-hybridized carbons (Fsp3) is 0.835. The van der Waals surface area contributed by atoms with Gasteiger partial charge in [0, 0.05) is 6.42 Å². The highest BCUT2D eigenvalue weighted by atomic mass is 16.7. The van der Waals surface area contributed by atoms with E-state index in [4.69, 9.17) is 18.9 Å². The standard InChI is InChI=1S/C79H143NO13/c1-3-5-7-9-11-13-15-17-19-21-23-25-27-29-31-32-33-34-35-37-38-40-42-44-46-48-50-52-54-56-58-60-62-68(83)67(66-90-78-76(89)74(87)77(70(65-82)92-78)93-79-75(88)73(86)72(85)69(64-81)91-79)80-71(84)63-61-59-57-55-53-51-49-47-45-43-41-39-36-30-28-26-24-22-20-18-16-14-12-10-8-6-4-2/h6,8,12,14,18,20,24,26,52,54,60,62,67-70,72-79,81-83,85-89H,3-5,7,9-11,13,15-17,19,21-23,25,27-51,53,55-59,61,63-66H2,1-2H3,(H,80,84)/b8-6-,14-12-,20-18-,26-24-,54-52+,62-60+. The molecule has 0 saturated carbocycles. The van der Waals surface area contributed by atoms with Crippen LogP contribution in [0.25, 0.3) is 0 Å². The Kier molecular flexibility index (Phi) is 58.5. The summed E-state index contributed by atoms with van der Waals surface area (Å²) in [5, 5.41) is 87.6. The van der Waals surface area contributed by atoms with Gasteiger partial charge in [-0.1, -0.05) is 324 Å². The second-order valence-corrected chi connectivity index (χ2v) is 27.1. The Hall–Kier alpha value is -2.57. The first-order valence-electron chi connectivity index (χ1n) is 38.7. The molecule has 2 saturated heterocycles. The zero-order chi connectivity index (χ0) is 67.3. The average molecular weight is 1320 g/mol. The van der Waals surface area contributed by atoms with Gasteiger partial charge in [0.2, 0.25) is 5.91 Å². The monoisotopic (exact) mass is 1310 g/mol. The number of rotatable bonds is 64. The van der Waals surface area contributed by atoms with Gasteiger partial charge in [-0.2, -0.15) is 0 Å². The molecule has 0 aromatic rings. The number of ether oxygens (including phenoxy) is 4. The van der Waals surface area contributed by atoms with Crippen LogP contribution in [0.3, 0.4) is 0 Å². The van der Waals surface area contributed by atoms with Gasteiger partial charge in [0.15, 0.2) is 12.6 Å². The number of hydrogen-bond donors (Lipinski definition) is 9. The van der Waals surface area contributed by atoms with Gasteiger partial charge >= 0.3 is 0 Å². The lowest BCUT2D eigenvalue weighted by Gasteiger charge is -2.46. The summed E-state index contributed by atoms with van der Waals surface area (Å²) >= 11 is 0. The predicted molar refractivity (Wildman–Crippen MR) is 383 cm³/mol. The van der Waals surface area contributed by atoms with Gasteiger partial charge in [0.05, 0.1) is 32.0 Å². The van der Waals surface area contributed by atoms with E-state index in [1.165, 1.54) is 238 Å². The van der Waals surface area contributed by atoms with Crippen LogP contribution in [0, 0.1) is 0 Å². The number of aliphatic hydroxyl groups excluding tert-OH is 8. The lowest BCUT2D eigenvalue weighted by molar-refractivity contribution is -0.359. The topological polar surface area (TPSA) is 228 Å². The molecule has 0 aliphatic carbocycles. The van der Waals surface area contributed by atoms with Crippen molar-refractivity contribution >= 4 is 5.91 Å². The molecule has 1 amide bonds. The first-order valence-corrected chi connectivity index (χ1v) is 38.7. The third-order valence-electron chi connectivity index (χ3n) is 18.6. The number of aliphatic hydroxyl groups is 8. The van der Waals surface area contributed by atoms with Gasteiger partial charge in [-0.25, -0.2) is 0 Å². The van der Waals surface area contributed by atoms with E-state index in [1.807, 2.05) is 6.08 Å². The lowest BCUT2D eigenvalue weighted by Crippen LogP contribution is -2.65. The maximum Gasteiger partial charge on any atom is 0.220 e. The van der Waals surface area contributed by atoms with Gasteiger partial charge in [0.1, 0.15) is 48.8 Å². The Morgan fingerprint density at radius 1 is 0.398 bits per heavy atom. The van der Waals surface area contributed by atoms with Crippen LogP contribution in [-0.4, -0.2) is 140 Å². The van der Waals surface area contributed by atoms with Crippen LogP contribution in [0.15, 0.2) is 72.9 Å². The predicted octanol–water partition coefficient (Wildman–Crippen LogP) is 17.0. The third kappa shape index (κ3) is 46.4. The van der Waals surface area contributed by atoms with Gasteiger partial charge < -0.3 is 65.1 Å². The highest BCUT2D eigenvalue weighted by molar-refractivity contribution is 5.76. The van der Waals surface area contributed by atoms with E-state index >= 15 is 0 Å². The first kappa shape index (κ1) is 86.5. The van der Waals surface area contributed by atoms with Gasteiger partial charge in [-0.05, 0) is 70.6 Å². The molecule has 2 aliphatic heterocycles. The fourth-order valence-electron chi connectivity index (χ4n) is 12.5. The normalized spacial score (nSPS) is 22.9. The minimum Gasteiger partial charge on any atom is -0.394 e. The Labute approximate surface area is 568 Å². The fourth-order valence-corrected chi connectivity index (χ4v) is 12.5. The van der Waals surface area contributed by atoms with Crippen LogP contribution in [0.2, 0.25) is 0 Å². The largest absolute Gasteiger partial charge is 0.394 e. The zero-order valence-electron chi connectivity index (χ0n) is 59.2. The van der Waals surface area contributed by atoms with Gasteiger partial charge in [0.25, 0.3) is 0 Å². The quantitative estimate of drug-likeness (QED) is 0.0204. The molecule has 0 aromatic heterocycles. The molecule has 9 N–H and O–H groups in total. The number of hydrogen-bond acceptors (Lipinski definition) is 13. The summed E-state index contributed by atoms with van der Waals surface area (Å²) in [6.07, 6.45) is 69.8. The number of unbranched alkanes of at least 4 members (excludes halogenated alkanes) is 41. The van der Waals surface area contributed by atoms with Crippen molar-refractivity contribution in [3.8, 4) is 0 Å². The summed E-state index contributed by atoms with van der Waals surface area (Å²) < 4.78 is 22.9. The molecule has 0 aromatic carbocycles. The van der Waals surface area contributed by atoms with Crippen LogP contribution in [0.1, 0.15) is 328 Å². The molecule has 2 fully saturated rings. The average Bonchev–Trinajstić information content (AvgIpc) is 0.854. The van der Waals surface area contributed by atoms with E-state index in [-0.39, 0.29) is 18.9 Å². The third-order valence-corrected chi connectivity index (χ3v) is 18.6. The number of carbonyl (C=O) groups is 1. The van der Waals surface area contributed by atoms with Crippen molar-refractivity contribution in [1.29, 1.82) is 0 Å². The van der Waals surface area contributed by atoms with Crippen molar-refractivity contribution in [3.63, 3.8) is 0 Å². The number of carbonyl (C=O) groups excluding carboxylic acids is 1. The molecular formula is C79H143NO13. The molecule has 14 heteroatoms. The van der Waals surface area contributed by atoms with Gasteiger partial charge in [-0.15, -0.1) is 0 Å². The maximum atomic E-state index is 13.4. The van der Waals surface area contributed by atoms with E-state index in [9.17, 15) is 45.6 Å². The summed E-state index contributed by atoms with van der Waals surface area (Å²) in [6, 6.07) is -0.937. The number of amides is 1. The van der Waals surface area contributed by atoms with E-state index in [0.29, 0.717) is 12.8 Å². The Morgan fingerprint density at radius 2 is 0.753 bits per heavy atom. The SMILES string of the molecule is CC/C=C\C/C=C\C/C=C\C/C=C\CCCCCCCCCCCCCCCCC(=O)NC(COC1OC(CO)C(OC2OC(CO)C(O)C(O)C2O)C(O)C1O)C(O)/C=C/CC/C=C/CCCCCCCCCCCCCCCCCCCCCCCCCCCC. The van der Waals surface area contributed by atoms with Crippen LogP contribution >= 0.6 is 0 Å².